The van der Waals surface area contributed by atoms with E-state index in [1.165, 1.54) is 44.6 Å². The quantitative estimate of drug-likeness (QED) is 0.0131. The lowest BCUT2D eigenvalue weighted by molar-refractivity contribution is -0.139. The molecule has 0 amide bonds. The lowest BCUT2D eigenvalue weighted by Crippen LogP contribution is -2.11. The van der Waals surface area contributed by atoms with E-state index in [1.807, 2.05) is 49.4 Å². The number of carbonyl (C=O) groups is 5. The first-order valence-corrected chi connectivity index (χ1v) is 27.8. The molecule has 0 atom stereocenters. The van der Waals surface area contributed by atoms with Crippen molar-refractivity contribution >= 4 is 58.1 Å². The molecule has 0 N–H and O–H groups in total. The van der Waals surface area contributed by atoms with Crippen LogP contribution in [0.4, 0.5) is 15.8 Å². The van der Waals surface area contributed by atoms with Crippen molar-refractivity contribution < 1.29 is 71.0 Å². The van der Waals surface area contributed by atoms with Gasteiger partial charge in [-0.3, -0.25) is 4.79 Å². The van der Waals surface area contributed by atoms with Crippen LogP contribution >= 0.6 is 0 Å². The van der Waals surface area contributed by atoms with Gasteiger partial charge in [0.2, 0.25) is 0 Å². The van der Waals surface area contributed by atoms with E-state index in [0.717, 1.165) is 66.5 Å². The van der Waals surface area contributed by atoms with E-state index in [1.54, 1.807) is 79.7 Å². The van der Waals surface area contributed by atoms with Crippen LogP contribution in [-0.2, 0) is 41.5 Å². The molecule has 17 heteroatoms. The van der Waals surface area contributed by atoms with Crippen LogP contribution in [0.1, 0.15) is 85.8 Å². The van der Waals surface area contributed by atoms with Gasteiger partial charge in [0.05, 0.1) is 57.5 Å². The molecule has 0 fully saturated rings. The summed E-state index contributed by atoms with van der Waals surface area (Å²) in [5, 5.41) is 10.0. The van der Waals surface area contributed by atoms with Crippen LogP contribution < -0.4 is 33.2 Å². The van der Waals surface area contributed by atoms with E-state index in [4.69, 9.17) is 42.6 Å². The monoisotopic (exact) mass is 1150 g/mol. The maximum absolute atomic E-state index is 14.9. The number of hydrogen-bond acceptors (Lipinski definition) is 16. The second-order valence-corrected chi connectivity index (χ2v) is 19.4. The molecule has 0 spiro atoms. The number of carbonyl (C=O) groups excluding carboxylic acids is 5. The van der Waals surface area contributed by atoms with Gasteiger partial charge in [-0.2, -0.15) is 5.11 Å². The van der Waals surface area contributed by atoms with Gasteiger partial charge in [-0.25, -0.2) is 23.6 Å². The summed E-state index contributed by atoms with van der Waals surface area (Å²) in [6.07, 6.45) is 9.77. The molecule has 85 heavy (non-hydrogen) atoms. The number of fused-ring (bicyclic) bond motifs is 1. The second kappa shape index (κ2) is 32.1. The Bertz CT molecular complexity index is 3560. The average Bonchev–Trinajstić information content (AvgIpc) is 2.80. The third-order valence-electron chi connectivity index (χ3n) is 12.9. The third-order valence-corrected chi connectivity index (χ3v) is 12.9. The minimum atomic E-state index is -0.775. The molecule has 0 aromatic heterocycles. The molecule has 0 aliphatic carbocycles. The molecule has 0 bridgehead atoms. The van der Waals surface area contributed by atoms with Crippen molar-refractivity contribution in [3.63, 3.8) is 0 Å². The highest BCUT2D eigenvalue weighted by molar-refractivity contribution is 5.97. The Morgan fingerprint density at radius 3 is 2.00 bits per heavy atom. The van der Waals surface area contributed by atoms with Crippen LogP contribution in [0.5, 0.6) is 40.2 Å². The molecule has 0 saturated carbocycles. The SMILES string of the molecule is C=CC(=O)OCCCOc1ccc2cc(C(=O)Oc3ccc(/C=C/C(=O)Oc4ccc(OC(=O)CCc5ccc(OCCCCCCOC(=O)C(=C)C)cc5)c(-c5ccc(N=Nc6ccc(CCC)cc6F)cc5)c4OC)cc3OC)ccc2c1. The second-order valence-electron chi connectivity index (χ2n) is 19.4. The fourth-order valence-electron chi connectivity index (χ4n) is 8.54. The highest BCUT2D eigenvalue weighted by atomic mass is 19.1. The van der Waals surface area contributed by atoms with Crippen LogP contribution in [0.25, 0.3) is 28.0 Å². The van der Waals surface area contributed by atoms with Crippen molar-refractivity contribution in [2.24, 2.45) is 10.2 Å². The van der Waals surface area contributed by atoms with Gasteiger partial charge < -0.3 is 42.6 Å². The van der Waals surface area contributed by atoms with Crippen LogP contribution in [0, 0.1) is 5.82 Å². The zero-order valence-corrected chi connectivity index (χ0v) is 48.0. The van der Waals surface area contributed by atoms with Gasteiger partial charge in [-0.15, -0.1) is 5.11 Å². The van der Waals surface area contributed by atoms with Crippen LogP contribution in [0.3, 0.4) is 0 Å². The topological polar surface area (TPSA) is 193 Å². The lowest BCUT2D eigenvalue weighted by Gasteiger charge is -2.17. The molecule has 0 radical (unpaired) electrons. The Morgan fingerprint density at radius 2 is 1.27 bits per heavy atom. The fraction of sp³-hybridized carbons (Fsp3) is 0.250. The number of esters is 5. The zero-order valence-electron chi connectivity index (χ0n) is 48.0. The molecule has 16 nitrogen and oxygen atoms in total. The number of methoxy groups -OCH3 is 2. The number of rotatable bonds is 31. The number of azo groups is 1. The van der Waals surface area contributed by atoms with Gasteiger partial charge in [-0.05, 0) is 169 Å². The number of unbranched alkanes of at least 4 members (excludes halogenated alkanes) is 3. The predicted molar refractivity (Wildman–Crippen MR) is 321 cm³/mol. The minimum absolute atomic E-state index is 0.0182. The Labute approximate surface area is 493 Å². The first-order valence-electron chi connectivity index (χ1n) is 27.8. The van der Waals surface area contributed by atoms with Crippen molar-refractivity contribution in [3.05, 3.63) is 192 Å². The van der Waals surface area contributed by atoms with E-state index in [2.05, 4.69) is 23.4 Å². The molecule has 7 aromatic carbocycles. The summed E-state index contributed by atoms with van der Waals surface area (Å²) in [5.74, 6) is -1.35. The fourth-order valence-corrected chi connectivity index (χ4v) is 8.54. The number of halogens is 1. The number of ether oxygens (including phenoxy) is 9. The summed E-state index contributed by atoms with van der Waals surface area (Å²) < 4.78 is 65.8. The van der Waals surface area contributed by atoms with Gasteiger partial charge in [0.15, 0.2) is 28.8 Å². The van der Waals surface area contributed by atoms with E-state index in [0.29, 0.717) is 77.7 Å². The Hall–Kier alpha value is -9.90. The summed E-state index contributed by atoms with van der Waals surface area (Å²) in [7, 11) is 2.82. The van der Waals surface area contributed by atoms with Crippen molar-refractivity contribution in [2.75, 3.05) is 40.6 Å². The van der Waals surface area contributed by atoms with Crippen LogP contribution in [0.2, 0.25) is 0 Å². The first kappa shape index (κ1) is 62.7. The maximum atomic E-state index is 14.9. The van der Waals surface area contributed by atoms with Crippen LogP contribution in [0.15, 0.2) is 175 Å². The van der Waals surface area contributed by atoms with E-state index in [9.17, 15) is 28.4 Å². The van der Waals surface area contributed by atoms with Crippen molar-refractivity contribution in [2.45, 2.75) is 71.6 Å². The molecule has 7 aromatic rings. The summed E-state index contributed by atoms with van der Waals surface area (Å²) in [6.45, 7) is 12.0. The summed E-state index contributed by atoms with van der Waals surface area (Å²) >= 11 is 0. The smallest absolute Gasteiger partial charge is 0.343 e. The molecular weight excluding hydrogens is 1090 g/mol. The van der Waals surface area contributed by atoms with Gasteiger partial charge in [0.25, 0.3) is 0 Å². The Kier molecular flexibility index (Phi) is 23.7. The highest BCUT2D eigenvalue weighted by Gasteiger charge is 2.23. The van der Waals surface area contributed by atoms with Crippen LogP contribution in [-0.4, -0.2) is 70.5 Å². The summed E-state index contributed by atoms with van der Waals surface area (Å²) in [6, 6.07) is 37.4. The molecule has 0 heterocycles. The Morgan fingerprint density at radius 1 is 0.588 bits per heavy atom. The summed E-state index contributed by atoms with van der Waals surface area (Å²) in [5.41, 5.74) is 4.27. The first-order chi connectivity index (χ1) is 41.2. The van der Waals surface area contributed by atoms with E-state index in [-0.39, 0.29) is 53.4 Å². The van der Waals surface area contributed by atoms with Gasteiger partial charge in [-0.1, -0.05) is 75.0 Å². The molecular formula is C68H67FN2O14. The molecule has 440 valence electrons. The maximum Gasteiger partial charge on any atom is 0.343 e. The largest absolute Gasteiger partial charge is 0.494 e. The molecule has 0 aliphatic heterocycles. The number of benzene rings is 7. The molecule has 0 saturated heterocycles. The normalized spacial score (nSPS) is 11.0. The summed E-state index contributed by atoms with van der Waals surface area (Å²) in [4.78, 5) is 63.3. The van der Waals surface area contributed by atoms with Gasteiger partial charge in [0, 0.05) is 30.6 Å². The standard InChI is InChI=1S/C68H67FN2O14/c1-7-14-47-17-31-57(56(69)41-47)71-70-53-26-23-49(24-27-53)65-59(83-63(73)35-19-46-15-28-54(29-16-46)79-37-11-9-10-12-38-82-67(75)45(3)4)33-34-60(66(65)78-6)84-64(74)36-20-48-18-32-58(61(42-48)77-5)85-68(76)52-22-21-51-44-55(30-25-50(51)43-52)80-39-13-40-81-62(72)8-2/h8,15-18,20-34,36,41-44H,2-3,7,9-14,19,35,37-40H2,1,4-6H3/b36-20+,71-70?. The number of nitrogens with zero attached hydrogens (tertiary/aromatic N) is 2. The van der Waals surface area contributed by atoms with Crippen molar-refractivity contribution in [1.82, 2.24) is 0 Å². The molecule has 7 rings (SSSR count). The molecule has 0 unspecified atom stereocenters. The van der Waals surface area contributed by atoms with E-state index < -0.39 is 29.7 Å². The van der Waals surface area contributed by atoms with Crippen molar-refractivity contribution in [3.8, 4) is 51.4 Å². The lowest BCUT2D eigenvalue weighted by atomic mass is 10.0. The minimum Gasteiger partial charge on any atom is -0.494 e. The zero-order chi connectivity index (χ0) is 60.5. The van der Waals surface area contributed by atoms with Gasteiger partial charge in [0.1, 0.15) is 22.9 Å². The predicted octanol–water partition coefficient (Wildman–Crippen LogP) is 15.0. The third kappa shape index (κ3) is 19.1. The van der Waals surface area contributed by atoms with E-state index >= 15 is 0 Å². The van der Waals surface area contributed by atoms with Crippen molar-refractivity contribution in [1.29, 1.82) is 0 Å². The molecule has 0 aliphatic rings. The number of hydrogen-bond donors (Lipinski definition) is 0. The highest BCUT2D eigenvalue weighted by Crippen LogP contribution is 2.45. The Balaban J connectivity index is 1.00. The van der Waals surface area contributed by atoms with Gasteiger partial charge >= 0.3 is 29.8 Å². The number of aryl methyl sites for hydroxylation is 2. The average molecular weight is 1160 g/mol.